The van der Waals surface area contributed by atoms with E-state index in [1.165, 1.54) is 0 Å². The van der Waals surface area contributed by atoms with E-state index in [0.29, 0.717) is 31.1 Å². The highest BCUT2D eigenvalue weighted by molar-refractivity contribution is 9.10. The fourth-order valence-electron chi connectivity index (χ4n) is 2.64. The van der Waals surface area contributed by atoms with Crippen LogP contribution in [0.4, 0.5) is 0 Å². The van der Waals surface area contributed by atoms with Gasteiger partial charge in [0, 0.05) is 23.1 Å². The predicted octanol–water partition coefficient (Wildman–Crippen LogP) is 3.91. The van der Waals surface area contributed by atoms with Crippen molar-refractivity contribution in [3.8, 4) is 11.8 Å². The van der Waals surface area contributed by atoms with Gasteiger partial charge in [-0.3, -0.25) is 0 Å². The van der Waals surface area contributed by atoms with Crippen LogP contribution in [0.15, 0.2) is 46.9 Å². The number of benzene rings is 2. The Morgan fingerprint density at radius 1 is 1.24 bits per heavy atom. The Kier molecular flexibility index (Phi) is 6.03. The van der Waals surface area contributed by atoms with Crippen molar-refractivity contribution >= 4 is 33.1 Å². The van der Waals surface area contributed by atoms with Gasteiger partial charge >= 0.3 is 0 Å². The van der Waals surface area contributed by atoms with Crippen LogP contribution < -0.4 is 4.74 Å². The highest BCUT2D eigenvalue weighted by Gasteiger charge is 2.19. The summed E-state index contributed by atoms with van der Waals surface area (Å²) in [5.74, 6) is 0.715. The van der Waals surface area contributed by atoms with Gasteiger partial charge in [-0.25, -0.2) is 0 Å². The molecule has 0 unspecified atom stereocenters. The van der Waals surface area contributed by atoms with Crippen LogP contribution in [-0.4, -0.2) is 36.2 Å². The van der Waals surface area contributed by atoms with Gasteiger partial charge in [-0.1, -0.05) is 46.3 Å². The Bertz CT molecular complexity index is 813. The molecule has 4 nitrogen and oxygen atoms in total. The zero-order valence-electron chi connectivity index (χ0n) is 13.6. The number of rotatable bonds is 4. The first kappa shape index (κ1) is 17.9. The maximum absolute atomic E-state index is 9.21. The quantitative estimate of drug-likeness (QED) is 0.706. The molecular formula is C19H17BrN2O2S. The fraction of sp³-hybridized carbons (Fsp3) is 0.263. The van der Waals surface area contributed by atoms with Crippen LogP contribution in [0.2, 0.25) is 0 Å². The summed E-state index contributed by atoms with van der Waals surface area (Å²) in [6.45, 7) is 3.24. The molecule has 2 aromatic rings. The Labute approximate surface area is 161 Å². The summed E-state index contributed by atoms with van der Waals surface area (Å²) in [4.78, 5) is 2.89. The molecular weight excluding hydrogens is 400 g/mol. The molecule has 0 N–H and O–H groups in total. The van der Waals surface area contributed by atoms with Crippen LogP contribution in [-0.2, 0) is 11.3 Å². The van der Waals surface area contributed by atoms with Crippen LogP contribution in [0.1, 0.15) is 16.7 Å². The number of nitrogens with zero attached hydrogens (tertiary/aromatic N) is 2. The highest BCUT2D eigenvalue weighted by Crippen LogP contribution is 2.27. The molecule has 0 aromatic heterocycles. The molecule has 0 saturated carbocycles. The Balaban J connectivity index is 1.81. The molecule has 1 aliphatic heterocycles. The average Bonchev–Trinajstić information content (AvgIpc) is 2.67. The topological polar surface area (TPSA) is 45.5 Å². The maximum atomic E-state index is 9.21. The molecule has 0 amide bonds. The van der Waals surface area contributed by atoms with Crippen molar-refractivity contribution in [2.75, 3.05) is 26.3 Å². The molecule has 3 rings (SSSR count). The van der Waals surface area contributed by atoms with Crippen LogP contribution in [0.5, 0.6) is 5.75 Å². The number of morpholine rings is 1. The van der Waals surface area contributed by atoms with Crippen molar-refractivity contribution < 1.29 is 9.47 Å². The Morgan fingerprint density at radius 2 is 2.00 bits per heavy atom. The molecule has 1 heterocycles. The van der Waals surface area contributed by atoms with E-state index in [2.05, 4.69) is 26.9 Å². The van der Waals surface area contributed by atoms with Gasteiger partial charge in [-0.2, -0.15) is 5.26 Å². The Hall–Kier alpha value is -1.94. The molecule has 128 valence electrons. The van der Waals surface area contributed by atoms with E-state index in [9.17, 15) is 5.26 Å². The summed E-state index contributed by atoms with van der Waals surface area (Å²) < 4.78 is 12.4. The first-order chi connectivity index (χ1) is 12.2. The number of ether oxygens (including phenoxy) is 2. The van der Waals surface area contributed by atoms with Crippen molar-refractivity contribution in [3.63, 3.8) is 0 Å². The lowest BCUT2D eigenvalue weighted by Crippen LogP contribution is -2.40. The fourth-order valence-corrected chi connectivity index (χ4v) is 3.35. The maximum Gasteiger partial charge on any atom is 0.130 e. The highest BCUT2D eigenvalue weighted by atomic mass is 79.9. The SMILES string of the molecule is N#Cc1ccccc1COc1ccc(Br)cc1C(=S)N1CCOCC1. The van der Waals surface area contributed by atoms with Gasteiger partial charge in [0.15, 0.2) is 0 Å². The summed E-state index contributed by atoms with van der Waals surface area (Å²) in [6, 6.07) is 15.4. The smallest absolute Gasteiger partial charge is 0.130 e. The third-order valence-corrected chi connectivity index (χ3v) is 4.96. The van der Waals surface area contributed by atoms with Gasteiger partial charge < -0.3 is 14.4 Å². The second-order valence-corrected chi connectivity index (χ2v) is 6.91. The lowest BCUT2D eigenvalue weighted by molar-refractivity contribution is 0.0692. The lowest BCUT2D eigenvalue weighted by Gasteiger charge is -2.30. The van der Waals surface area contributed by atoms with E-state index in [1.54, 1.807) is 6.07 Å². The van der Waals surface area contributed by atoms with Gasteiger partial charge in [-0.15, -0.1) is 0 Å². The first-order valence-electron chi connectivity index (χ1n) is 7.96. The summed E-state index contributed by atoms with van der Waals surface area (Å²) >= 11 is 9.19. The zero-order chi connectivity index (χ0) is 17.6. The number of hydrogen-bond donors (Lipinski definition) is 0. The molecule has 0 radical (unpaired) electrons. The second-order valence-electron chi connectivity index (χ2n) is 5.60. The molecule has 25 heavy (non-hydrogen) atoms. The van der Waals surface area contributed by atoms with Gasteiger partial charge in [-0.05, 0) is 24.3 Å². The minimum atomic E-state index is 0.324. The average molecular weight is 417 g/mol. The number of nitriles is 1. The van der Waals surface area contributed by atoms with Crippen molar-refractivity contribution in [2.24, 2.45) is 0 Å². The van der Waals surface area contributed by atoms with Gasteiger partial charge in [0.2, 0.25) is 0 Å². The molecule has 0 atom stereocenters. The lowest BCUT2D eigenvalue weighted by atomic mass is 10.1. The van der Waals surface area contributed by atoms with Gasteiger partial charge in [0.25, 0.3) is 0 Å². The number of hydrogen-bond acceptors (Lipinski definition) is 4. The third-order valence-electron chi connectivity index (χ3n) is 3.99. The van der Waals surface area contributed by atoms with Crippen molar-refractivity contribution in [3.05, 3.63) is 63.6 Å². The van der Waals surface area contributed by atoms with Gasteiger partial charge in [0.1, 0.15) is 17.3 Å². The third kappa shape index (κ3) is 4.37. The van der Waals surface area contributed by atoms with Crippen molar-refractivity contribution in [1.29, 1.82) is 5.26 Å². The van der Waals surface area contributed by atoms with E-state index in [4.69, 9.17) is 21.7 Å². The minimum absolute atomic E-state index is 0.324. The normalized spacial score (nSPS) is 14.0. The van der Waals surface area contributed by atoms with E-state index >= 15 is 0 Å². The summed E-state index contributed by atoms with van der Waals surface area (Å²) in [6.07, 6.45) is 0. The first-order valence-corrected chi connectivity index (χ1v) is 9.16. The van der Waals surface area contributed by atoms with Gasteiger partial charge in [0.05, 0.1) is 30.4 Å². The van der Waals surface area contributed by atoms with E-state index in [0.717, 1.165) is 33.7 Å². The molecule has 6 heteroatoms. The van der Waals surface area contributed by atoms with E-state index in [1.807, 2.05) is 36.4 Å². The minimum Gasteiger partial charge on any atom is -0.488 e. The molecule has 0 bridgehead atoms. The largest absolute Gasteiger partial charge is 0.488 e. The number of halogens is 1. The predicted molar refractivity (Wildman–Crippen MR) is 104 cm³/mol. The molecule has 1 fully saturated rings. The van der Waals surface area contributed by atoms with Crippen LogP contribution in [0, 0.1) is 11.3 Å². The summed E-state index contributed by atoms with van der Waals surface area (Å²) in [7, 11) is 0. The Morgan fingerprint density at radius 3 is 2.76 bits per heavy atom. The van der Waals surface area contributed by atoms with Crippen molar-refractivity contribution in [1.82, 2.24) is 4.90 Å². The van der Waals surface area contributed by atoms with Crippen LogP contribution in [0.3, 0.4) is 0 Å². The van der Waals surface area contributed by atoms with Crippen LogP contribution in [0.25, 0.3) is 0 Å². The molecule has 2 aromatic carbocycles. The van der Waals surface area contributed by atoms with Crippen LogP contribution >= 0.6 is 28.1 Å². The number of thiocarbonyl (C=S) groups is 1. The standard InChI is InChI=1S/C19H17BrN2O2S/c20-16-5-6-18(24-13-15-4-2-1-3-14(15)12-21)17(11-16)19(25)22-7-9-23-10-8-22/h1-6,11H,7-10,13H2. The van der Waals surface area contributed by atoms with E-state index < -0.39 is 0 Å². The summed E-state index contributed by atoms with van der Waals surface area (Å²) in [5.41, 5.74) is 2.36. The molecule has 0 aliphatic carbocycles. The van der Waals surface area contributed by atoms with Crippen molar-refractivity contribution in [2.45, 2.75) is 6.61 Å². The molecule has 0 spiro atoms. The summed E-state index contributed by atoms with van der Waals surface area (Å²) in [5, 5.41) is 9.21. The monoisotopic (exact) mass is 416 g/mol. The van der Waals surface area contributed by atoms with E-state index in [-0.39, 0.29) is 0 Å². The second kappa shape index (κ2) is 8.43. The molecule has 1 aliphatic rings. The molecule has 1 saturated heterocycles. The zero-order valence-corrected chi connectivity index (χ0v) is 16.0.